The van der Waals surface area contributed by atoms with Gasteiger partial charge in [0.2, 0.25) is 0 Å². The van der Waals surface area contributed by atoms with Gasteiger partial charge in [-0.3, -0.25) is 0 Å². The lowest BCUT2D eigenvalue weighted by atomic mass is 10.1. The van der Waals surface area contributed by atoms with Crippen LogP contribution in [0.4, 0.5) is 0 Å². The molecule has 0 amide bonds. The van der Waals surface area contributed by atoms with E-state index in [-0.39, 0.29) is 0 Å². The van der Waals surface area contributed by atoms with E-state index in [1.165, 1.54) is 18.1 Å². The first-order chi connectivity index (χ1) is 6.72. The van der Waals surface area contributed by atoms with E-state index in [9.17, 15) is 0 Å². The molecule has 2 unspecified atom stereocenters. The summed E-state index contributed by atoms with van der Waals surface area (Å²) in [6.07, 6.45) is 2.47. The summed E-state index contributed by atoms with van der Waals surface area (Å²) in [6, 6.07) is 8.12. The maximum atomic E-state index is 5.67. The number of benzene rings is 1. The van der Waals surface area contributed by atoms with Crippen molar-refractivity contribution >= 4 is 14.5 Å². The molecule has 0 aromatic heterocycles. The summed E-state index contributed by atoms with van der Waals surface area (Å²) in [5.74, 6) is 1.62. The summed E-state index contributed by atoms with van der Waals surface area (Å²) in [4.78, 5) is 0. The monoisotopic (exact) mass is 210 g/mol. The Labute approximate surface area is 89.1 Å². The third kappa shape index (κ3) is 4.11. The highest BCUT2D eigenvalue weighted by Gasteiger charge is 2.01. The molecule has 0 saturated carbocycles. The van der Waals surface area contributed by atoms with Gasteiger partial charge in [0, 0.05) is 0 Å². The molecule has 78 valence electrons. The minimum absolute atomic E-state index is 0.649. The zero-order valence-corrected chi connectivity index (χ0v) is 10.1. The van der Waals surface area contributed by atoms with E-state index in [1.807, 2.05) is 24.3 Å². The first kappa shape index (κ1) is 11.5. The van der Waals surface area contributed by atoms with Crippen LogP contribution >= 0.6 is 9.24 Å². The Balaban J connectivity index is 2.34. The standard InChI is InChI=1S/C12H19OP/c1-3-4-10(2)9-13-11-5-7-12(14)8-6-11/h5-8,10H,3-4,9,14H2,1-2H3. The van der Waals surface area contributed by atoms with Gasteiger partial charge >= 0.3 is 0 Å². The minimum Gasteiger partial charge on any atom is -0.493 e. The average molecular weight is 210 g/mol. The number of ether oxygens (including phenoxy) is 1. The number of hydrogen-bond acceptors (Lipinski definition) is 1. The van der Waals surface area contributed by atoms with Crippen LogP contribution in [0.25, 0.3) is 0 Å². The zero-order valence-electron chi connectivity index (χ0n) is 8.99. The highest BCUT2D eigenvalue weighted by molar-refractivity contribution is 7.27. The summed E-state index contributed by atoms with van der Waals surface area (Å²) in [7, 11) is 2.67. The lowest BCUT2D eigenvalue weighted by Gasteiger charge is -2.11. The van der Waals surface area contributed by atoms with Crippen LogP contribution in [0.5, 0.6) is 5.75 Å². The van der Waals surface area contributed by atoms with Gasteiger partial charge < -0.3 is 4.74 Å². The second-order valence-electron chi connectivity index (χ2n) is 3.77. The first-order valence-corrected chi connectivity index (χ1v) is 5.78. The third-order valence-electron chi connectivity index (χ3n) is 2.20. The smallest absolute Gasteiger partial charge is 0.119 e. The molecule has 0 spiro atoms. The Morgan fingerprint density at radius 1 is 1.29 bits per heavy atom. The Morgan fingerprint density at radius 2 is 1.93 bits per heavy atom. The molecule has 0 saturated heterocycles. The van der Waals surface area contributed by atoms with Gasteiger partial charge in [-0.25, -0.2) is 0 Å². The fourth-order valence-electron chi connectivity index (χ4n) is 1.38. The fourth-order valence-corrected chi connectivity index (χ4v) is 1.57. The van der Waals surface area contributed by atoms with E-state index < -0.39 is 0 Å². The molecule has 1 rings (SSSR count). The zero-order chi connectivity index (χ0) is 10.4. The molecule has 0 N–H and O–H groups in total. The van der Waals surface area contributed by atoms with E-state index in [0.717, 1.165) is 12.4 Å². The molecule has 0 aliphatic rings. The molecule has 1 aromatic carbocycles. The van der Waals surface area contributed by atoms with Gasteiger partial charge in [-0.15, -0.1) is 9.24 Å². The van der Waals surface area contributed by atoms with Crippen molar-refractivity contribution in [3.63, 3.8) is 0 Å². The van der Waals surface area contributed by atoms with Crippen molar-refractivity contribution in [1.29, 1.82) is 0 Å². The highest BCUT2D eigenvalue weighted by Crippen LogP contribution is 2.12. The summed E-state index contributed by atoms with van der Waals surface area (Å²) in [5, 5.41) is 1.19. The molecular formula is C12H19OP. The highest BCUT2D eigenvalue weighted by atomic mass is 31.0. The van der Waals surface area contributed by atoms with E-state index in [2.05, 4.69) is 23.1 Å². The molecule has 0 bridgehead atoms. The normalized spacial score (nSPS) is 12.5. The summed E-state index contributed by atoms with van der Waals surface area (Å²) < 4.78 is 5.67. The molecule has 2 atom stereocenters. The lowest BCUT2D eigenvalue weighted by Crippen LogP contribution is -2.08. The molecule has 0 radical (unpaired) electrons. The molecule has 0 heterocycles. The predicted octanol–water partition coefficient (Wildman–Crippen LogP) is 3.00. The van der Waals surface area contributed by atoms with Gasteiger partial charge in [0.05, 0.1) is 6.61 Å². The first-order valence-electron chi connectivity index (χ1n) is 5.20. The third-order valence-corrected chi connectivity index (χ3v) is 2.58. The molecule has 14 heavy (non-hydrogen) atoms. The van der Waals surface area contributed by atoms with E-state index in [0.29, 0.717) is 5.92 Å². The number of rotatable bonds is 5. The van der Waals surface area contributed by atoms with Crippen molar-refractivity contribution in [2.45, 2.75) is 26.7 Å². The summed E-state index contributed by atoms with van der Waals surface area (Å²) in [5.41, 5.74) is 0. The number of hydrogen-bond donors (Lipinski definition) is 0. The van der Waals surface area contributed by atoms with Gasteiger partial charge in [-0.05, 0) is 29.8 Å². The Morgan fingerprint density at radius 3 is 2.50 bits per heavy atom. The average Bonchev–Trinajstić information content (AvgIpc) is 2.17. The quantitative estimate of drug-likeness (QED) is 0.679. The molecule has 0 fully saturated rings. The maximum absolute atomic E-state index is 5.67. The van der Waals surface area contributed by atoms with Crippen molar-refractivity contribution in [3.05, 3.63) is 24.3 Å². The van der Waals surface area contributed by atoms with Crippen LogP contribution in [0.3, 0.4) is 0 Å². The van der Waals surface area contributed by atoms with E-state index in [1.54, 1.807) is 0 Å². The Kier molecular flexibility index (Phi) is 4.97. The van der Waals surface area contributed by atoms with Crippen molar-refractivity contribution in [2.24, 2.45) is 5.92 Å². The predicted molar refractivity (Wildman–Crippen MR) is 65.4 cm³/mol. The molecule has 0 aliphatic carbocycles. The van der Waals surface area contributed by atoms with Crippen molar-refractivity contribution < 1.29 is 4.74 Å². The topological polar surface area (TPSA) is 9.23 Å². The van der Waals surface area contributed by atoms with Gasteiger partial charge in [-0.2, -0.15) is 0 Å². The van der Waals surface area contributed by atoms with E-state index >= 15 is 0 Å². The Hall–Kier alpha value is -0.550. The van der Waals surface area contributed by atoms with Crippen LogP contribution in [0, 0.1) is 5.92 Å². The van der Waals surface area contributed by atoms with Gasteiger partial charge in [0.25, 0.3) is 0 Å². The van der Waals surface area contributed by atoms with Crippen LogP contribution in [-0.2, 0) is 0 Å². The summed E-state index contributed by atoms with van der Waals surface area (Å²) in [6.45, 7) is 5.26. The molecule has 1 aromatic rings. The molecular weight excluding hydrogens is 191 g/mol. The molecule has 0 aliphatic heterocycles. The van der Waals surface area contributed by atoms with E-state index in [4.69, 9.17) is 4.74 Å². The molecule has 2 heteroatoms. The van der Waals surface area contributed by atoms with Gasteiger partial charge in [-0.1, -0.05) is 32.4 Å². The molecule has 1 nitrogen and oxygen atoms in total. The van der Waals surface area contributed by atoms with Gasteiger partial charge in [0.15, 0.2) is 0 Å². The van der Waals surface area contributed by atoms with Crippen LogP contribution in [-0.4, -0.2) is 6.61 Å². The Bertz CT molecular complexity index is 256. The van der Waals surface area contributed by atoms with Gasteiger partial charge in [0.1, 0.15) is 5.75 Å². The van der Waals surface area contributed by atoms with Crippen LogP contribution in [0.2, 0.25) is 0 Å². The SMILES string of the molecule is CCCC(C)COc1ccc(P)cc1. The van der Waals surface area contributed by atoms with Crippen molar-refractivity contribution in [1.82, 2.24) is 0 Å². The van der Waals surface area contributed by atoms with Crippen molar-refractivity contribution in [3.8, 4) is 5.75 Å². The van der Waals surface area contributed by atoms with Crippen LogP contribution < -0.4 is 10.0 Å². The largest absolute Gasteiger partial charge is 0.493 e. The van der Waals surface area contributed by atoms with Crippen LogP contribution in [0.15, 0.2) is 24.3 Å². The fraction of sp³-hybridized carbons (Fsp3) is 0.500. The maximum Gasteiger partial charge on any atom is 0.119 e. The second kappa shape index (κ2) is 6.03. The summed E-state index contributed by atoms with van der Waals surface area (Å²) >= 11 is 0. The van der Waals surface area contributed by atoms with Crippen LogP contribution in [0.1, 0.15) is 26.7 Å². The minimum atomic E-state index is 0.649. The lowest BCUT2D eigenvalue weighted by molar-refractivity contribution is 0.251. The van der Waals surface area contributed by atoms with Crippen molar-refractivity contribution in [2.75, 3.05) is 6.61 Å². The second-order valence-corrected chi connectivity index (χ2v) is 4.44.